The van der Waals surface area contributed by atoms with Gasteiger partial charge in [0.1, 0.15) is 11.6 Å². The van der Waals surface area contributed by atoms with E-state index in [1.807, 2.05) is 0 Å². The highest BCUT2D eigenvalue weighted by Gasteiger charge is 2.18. The van der Waals surface area contributed by atoms with Crippen LogP contribution in [0.5, 0.6) is 5.75 Å². The summed E-state index contributed by atoms with van der Waals surface area (Å²) in [7, 11) is -4.30. The first-order valence-electron chi connectivity index (χ1n) is 5.26. The van der Waals surface area contributed by atoms with E-state index in [1.165, 1.54) is 0 Å². The van der Waals surface area contributed by atoms with Gasteiger partial charge in [-0.3, -0.25) is 4.72 Å². The maximum absolute atomic E-state index is 13.4. The van der Waals surface area contributed by atoms with Crippen molar-refractivity contribution in [2.75, 3.05) is 4.72 Å². The SMILES string of the molecule is O=S(=O)(Nc1cc(F)ccc1F)c1ccc(O)c(F)c1. The van der Waals surface area contributed by atoms with E-state index in [1.54, 1.807) is 4.72 Å². The van der Waals surface area contributed by atoms with E-state index >= 15 is 0 Å². The van der Waals surface area contributed by atoms with Crippen LogP contribution in [0.15, 0.2) is 41.3 Å². The van der Waals surface area contributed by atoms with Crippen molar-refractivity contribution in [2.45, 2.75) is 4.90 Å². The summed E-state index contributed by atoms with van der Waals surface area (Å²) >= 11 is 0. The van der Waals surface area contributed by atoms with Gasteiger partial charge in [0.15, 0.2) is 11.6 Å². The van der Waals surface area contributed by atoms with E-state index in [2.05, 4.69) is 0 Å². The average molecular weight is 303 g/mol. The third kappa shape index (κ3) is 2.85. The molecule has 2 aromatic rings. The van der Waals surface area contributed by atoms with Crippen molar-refractivity contribution in [3.63, 3.8) is 0 Å². The monoisotopic (exact) mass is 303 g/mol. The number of rotatable bonds is 3. The van der Waals surface area contributed by atoms with Crippen LogP contribution in [0.4, 0.5) is 18.9 Å². The lowest BCUT2D eigenvalue weighted by atomic mass is 10.3. The fourth-order valence-corrected chi connectivity index (χ4v) is 2.50. The predicted octanol–water partition coefficient (Wildman–Crippen LogP) is 2.61. The zero-order chi connectivity index (χ0) is 14.9. The van der Waals surface area contributed by atoms with E-state index in [4.69, 9.17) is 5.11 Å². The molecular formula is C12H8F3NO3S. The second-order valence-corrected chi connectivity index (χ2v) is 5.53. The molecule has 2 aromatic carbocycles. The van der Waals surface area contributed by atoms with Crippen molar-refractivity contribution >= 4 is 15.7 Å². The second kappa shape index (κ2) is 5.04. The number of anilines is 1. The van der Waals surface area contributed by atoms with Gasteiger partial charge in [0, 0.05) is 6.07 Å². The Labute approximate surface area is 112 Å². The summed E-state index contributed by atoms with van der Waals surface area (Å²) < 4.78 is 65.0. The highest BCUT2D eigenvalue weighted by atomic mass is 32.2. The molecule has 0 heterocycles. The number of hydrogen-bond acceptors (Lipinski definition) is 3. The molecule has 2 N–H and O–H groups in total. The van der Waals surface area contributed by atoms with Gasteiger partial charge in [-0.25, -0.2) is 21.6 Å². The van der Waals surface area contributed by atoms with Crippen molar-refractivity contribution in [2.24, 2.45) is 0 Å². The quantitative estimate of drug-likeness (QED) is 0.916. The molecule has 2 rings (SSSR count). The van der Waals surface area contributed by atoms with E-state index in [0.717, 1.165) is 24.3 Å². The molecule has 0 bridgehead atoms. The van der Waals surface area contributed by atoms with Gasteiger partial charge in [-0.2, -0.15) is 0 Å². The summed E-state index contributed by atoms with van der Waals surface area (Å²) in [6.45, 7) is 0. The molecule has 0 saturated heterocycles. The minimum absolute atomic E-state index is 0.531. The first kappa shape index (κ1) is 14.2. The Hall–Kier alpha value is -2.22. The molecule has 0 aliphatic rings. The Balaban J connectivity index is 2.40. The smallest absolute Gasteiger partial charge is 0.262 e. The summed E-state index contributed by atoms with van der Waals surface area (Å²) in [5.74, 6) is -3.68. The highest BCUT2D eigenvalue weighted by Crippen LogP contribution is 2.23. The van der Waals surface area contributed by atoms with Gasteiger partial charge >= 0.3 is 0 Å². The van der Waals surface area contributed by atoms with Crippen LogP contribution in [0, 0.1) is 17.5 Å². The molecule has 0 atom stereocenters. The fourth-order valence-electron chi connectivity index (χ4n) is 1.43. The maximum atomic E-state index is 13.4. The number of benzene rings is 2. The van der Waals surface area contributed by atoms with Crippen LogP contribution in [0.2, 0.25) is 0 Å². The molecular weight excluding hydrogens is 295 g/mol. The number of phenols is 1. The van der Waals surface area contributed by atoms with E-state index < -0.39 is 43.8 Å². The van der Waals surface area contributed by atoms with Gasteiger partial charge in [0.2, 0.25) is 0 Å². The average Bonchev–Trinajstić information content (AvgIpc) is 2.36. The molecule has 0 aliphatic heterocycles. The largest absolute Gasteiger partial charge is 0.505 e. The molecule has 0 amide bonds. The molecule has 20 heavy (non-hydrogen) atoms. The lowest BCUT2D eigenvalue weighted by Gasteiger charge is -2.09. The highest BCUT2D eigenvalue weighted by molar-refractivity contribution is 7.92. The van der Waals surface area contributed by atoms with E-state index in [0.29, 0.717) is 12.1 Å². The van der Waals surface area contributed by atoms with Gasteiger partial charge in [0.25, 0.3) is 10.0 Å². The number of aromatic hydroxyl groups is 1. The van der Waals surface area contributed by atoms with Gasteiger partial charge < -0.3 is 5.11 Å². The number of hydrogen-bond donors (Lipinski definition) is 2. The number of sulfonamides is 1. The van der Waals surface area contributed by atoms with Crippen molar-refractivity contribution in [1.29, 1.82) is 0 Å². The van der Waals surface area contributed by atoms with Crippen LogP contribution in [0.1, 0.15) is 0 Å². The molecule has 8 heteroatoms. The summed E-state index contributed by atoms with van der Waals surface area (Å²) in [6, 6.07) is 4.57. The first-order valence-corrected chi connectivity index (χ1v) is 6.74. The molecule has 0 spiro atoms. The van der Waals surface area contributed by atoms with Gasteiger partial charge in [-0.15, -0.1) is 0 Å². The van der Waals surface area contributed by atoms with Crippen molar-refractivity contribution < 1.29 is 26.7 Å². The lowest BCUT2D eigenvalue weighted by molar-refractivity contribution is 0.431. The number of nitrogens with one attached hydrogen (secondary N) is 1. The van der Waals surface area contributed by atoms with Gasteiger partial charge in [-0.1, -0.05) is 0 Å². The minimum Gasteiger partial charge on any atom is -0.505 e. The van der Waals surface area contributed by atoms with Crippen LogP contribution in [-0.2, 0) is 10.0 Å². The predicted molar refractivity (Wildman–Crippen MR) is 65.2 cm³/mol. The van der Waals surface area contributed by atoms with Crippen molar-refractivity contribution in [3.05, 3.63) is 53.8 Å². The second-order valence-electron chi connectivity index (χ2n) is 3.84. The van der Waals surface area contributed by atoms with Crippen molar-refractivity contribution in [1.82, 2.24) is 0 Å². The number of halogens is 3. The molecule has 0 unspecified atom stereocenters. The van der Waals surface area contributed by atoms with Crippen LogP contribution < -0.4 is 4.72 Å². The zero-order valence-corrected chi connectivity index (χ0v) is 10.6. The Kier molecular flexibility index (Phi) is 3.58. The standard InChI is InChI=1S/C12H8F3NO3S/c13-7-1-3-9(14)11(5-7)16-20(18,19)8-2-4-12(17)10(15)6-8/h1-6,16-17H. The maximum Gasteiger partial charge on any atom is 0.262 e. The van der Waals surface area contributed by atoms with Crippen LogP contribution in [-0.4, -0.2) is 13.5 Å². The summed E-state index contributed by atoms with van der Waals surface area (Å²) in [6.07, 6.45) is 0. The topological polar surface area (TPSA) is 66.4 Å². The van der Waals surface area contributed by atoms with Crippen LogP contribution in [0.25, 0.3) is 0 Å². The van der Waals surface area contributed by atoms with Crippen LogP contribution >= 0.6 is 0 Å². The molecule has 0 radical (unpaired) electrons. The molecule has 0 aromatic heterocycles. The fraction of sp³-hybridized carbons (Fsp3) is 0. The van der Waals surface area contributed by atoms with E-state index in [-0.39, 0.29) is 0 Å². The Bertz CT molecular complexity index is 763. The molecule has 0 fully saturated rings. The molecule has 0 saturated carbocycles. The van der Waals surface area contributed by atoms with E-state index in [9.17, 15) is 21.6 Å². The zero-order valence-electron chi connectivity index (χ0n) is 9.77. The Morgan fingerprint density at radius 3 is 2.30 bits per heavy atom. The minimum atomic E-state index is -4.30. The summed E-state index contributed by atoms with van der Waals surface area (Å²) in [4.78, 5) is -0.531. The van der Waals surface area contributed by atoms with Crippen molar-refractivity contribution in [3.8, 4) is 5.75 Å². The number of phenolic OH excluding ortho intramolecular Hbond substituents is 1. The van der Waals surface area contributed by atoms with Gasteiger partial charge in [-0.05, 0) is 30.3 Å². The van der Waals surface area contributed by atoms with Gasteiger partial charge in [0.05, 0.1) is 10.6 Å². The molecule has 4 nitrogen and oxygen atoms in total. The lowest BCUT2D eigenvalue weighted by Crippen LogP contribution is -2.14. The molecule has 0 aliphatic carbocycles. The summed E-state index contributed by atoms with van der Waals surface area (Å²) in [5, 5.41) is 8.98. The summed E-state index contributed by atoms with van der Waals surface area (Å²) in [5.41, 5.74) is -0.599. The first-order chi connectivity index (χ1) is 9.29. The van der Waals surface area contributed by atoms with Crippen LogP contribution in [0.3, 0.4) is 0 Å². The normalized spacial score (nSPS) is 11.3. The Morgan fingerprint density at radius 1 is 0.950 bits per heavy atom. The molecule has 106 valence electrons. The Morgan fingerprint density at radius 2 is 1.65 bits per heavy atom. The third-order valence-corrected chi connectivity index (χ3v) is 3.77. The third-order valence-electron chi connectivity index (χ3n) is 2.40.